The standard InChI is InChI=1S/C13H17N3O4/c1-8(12(14)17)15-7-13(2,3)20-11-5-4-9(16(18)19)6-10(11)15/h4-6,8H,7H2,1-3H3,(H2,14,17). The quantitative estimate of drug-likeness (QED) is 0.666. The Morgan fingerprint density at radius 3 is 2.75 bits per heavy atom. The fourth-order valence-corrected chi connectivity index (χ4v) is 2.25. The lowest BCUT2D eigenvalue weighted by molar-refractivity contribution is -0.384. The highest BCUT2D eigenvalue weighted by Crippen LogP contribution is 2.40. The van der Waals surface area contributed by atoms with E-state index in [9.17, 15) is 14.9 Å². The first-order valence-electron chi connectivity index (χ1n) is 6.25. The number of benzene rings is 1. The number of fused-ring (bicyclic) bond motifs is 1. The number of rotatable bonds is 3. The molecule has 1 aromatic carbocycles. The van der Waals surface area contributed by atoms with Gasteiger partial charge in [0.25, 0.3) is 5.69 Å². The molecule has 1 aromatic rings. The summed E-state index contributed by atoms with van der Waals surface area (Å²) in [6.07, 6.45) is 0. The van der Waals surface area contributed by atoms with Crippen LogP contribution in [0.1, 0.15) is 20.8 Å². The molecule has 1 unspecified atom stereocenters. The number of non-ortho nitro benzene ring substituents is 1. The lowest BCUT2D eigenvalue weighted by Gasteiger charge is -2.42. The SMILES string of the molecule is CC(C(N)=O)N1CC(C)(C)Oc2ccc([N+](=O)[O-])cc21. The maximum absolute atomic E-state index is 11.4. The molecule has 0 fully saturated rings. The third-order valence-corrected chi connectivity index (χ3v) is 3.28. The molecule has 0 aliphatic carbocycles. The van der Waals surface area contributed by atoms with Crippen LogP contribution in [0.4, 0.5) is 11.4 Å². The Bertz CT molecular complexity index is 571. The summed E-state index contributed by atoms with van der Waals surface area (Å²) in [5, 5.41) is 10.9. The Morgan fingerprint density at radius 2 is 2.20 bits per heavy atom. The second kappa shape index (κ2) is 4.66. The predicted octanol–water partition coefficient (Wildman–Crippen LogP) is 1.45. The zero-order valence-electron chi connectivity index (χ0n) is 11.6. The molecule has 108 valence electrons. The molecule has 7 nitrogen and oxygen atoms in total. The predicted molar refractivity (Wildman–Crippen MR) is 73.8 cm³/mol. The van der Waals surface area contributed by atoms with Crippen molar-refractivity contribution in [3.05, 3.63) is 28.3 Å². The minimum absolute atomic E-state index is 0.0475. The number of nitro groups is 1. The van der Waals surface area contributed by atoms with Crippen molar-refractivity contribution in [3.8, 4) is 5.75 Å². The molecular formula is C13H17N3O4. The summed E-state index contributed by atoms with van der Waals surface area (Å²) in [5.74, 6) is 0.0279. The Morgan fingerprint density at radius 1 is 1.55 bits per heavy atom. The van der Waals surface area contributed by atoms with E-state index in [0.717, 1.165) is 0 Å². The second-order valence-electron chi connectivity index (χ2n) is 5.48. The molecule has 2 N–H and O–H groups in total. The van der Waals surface area contributed by atoms with Crippen molar-refractivity contribution in [2.45, 2.75) is 32.4 Å². The van der Waals surface area contributed by atoms with Crippen molar-refractivity contribution in [1.82, 2.24) is 0 Å². The molecular weight excluding hydrogens is 262 g/mol. The van der Waals surface area contributed by atoms with Crippen LogP contribution < -0.4 is 15.4 Å². The van der Waals surface area contributed by atoms with Crippen LogP contribution in [0.25, 0.3) is 0 Å². The first-order valence-corrected chi connectivity index (χ1v) is 6.25. The van der Waals surface area contributed by atoms with Gasteiger partial charge in [-0.15, -0.1) is 0 Å². The van der Waals surface area contributed by atoms with E-state index >= 15 is 0 Å². The van der Waals surface area contributed by atoms with Crippen LogP contribution in [-0.2, 0) is 4.79 Å². The van der Waals surface area contributed by atoms with Crippen molar-refractivity contribution in [2.75, 3.05) is 11.4 Å². The van der Waals surface area contributed by atoms with E-state index in [4.69, 9.17) is 10.5 Å². The third kappa shape index (κ3) is 2.52. The summed E-state index contributed by atoms with van der Waals surface area (Å²) >= 11 is 0. The van der Waals surface area contributed by atoms with E-state index in [0.29, 0.717) is 18.0 Å². The Labute approximate surface area is 116 Å². The van der Waals surface area contributed by atoms with Gasteiger partial charge in [-0.2, -0.15) is 0 Å². The highest BCUT2D eigenvalue weighted by Gasteiger charge is 2.36. The van der Waals surface area contributed by atoms with Crippen molar-refractivity contribution in [3.63, 3.8) is 0 Å². The lowest BCUT2D eigenvalue weighted by Crippen LogP contribution is -2.53. The molecule has 0 spiro atoms. The van der Waals surface area contributed by atoms with E-state index in [1.807, 2.05) is 13.8 Å². The van der Waals surface area contributed by atoms with Gasteiger partial charge in [0.05, 0.1) is 17.2 Å². The Kier molecular flexibility index (Phi) is 3.29. The maximum Gasteiger partial charge on any atom is 0.271 e. The molecule has 0 bridgehead atoms. The molecule has 1 atom stereocenters. The largest absolute Gasteiger partial charge is 0.484 e. The topological polar surface area (TPSA) is 98.7 Å². The number of ether oxygens (including phenoxy) is 1. The molecule has 1 heterocycles. The molecule has 1 aliphatic heterocycles. The third-order valence-electron chi connectivity index (χ3n) is 3.28. The van der Waals surface area contributed by atoms with Gasteiger partial charge in [0.2, 0.25) is 5.91 Å². The second-order valence-corrected chi connectivity index (χ2v) is 5.48. The monoisotopic (exact) mass is 279 g/mol. The number of anilines is 1. The summed E-state index contributed by atoms with van der Waals surface area (Å²) in [6, 6.07) is 3.77. The highest BCUT2D eigenvalue weighted by molar-refractivity contribution is 5.84. The first-order chi connectivity index (χ1) is 9.21. The van der Waals surface area contributed by atoms with Gasteiger partial charge >= 0.3 is 0 Å². The minimum atomic E-state index is -0.570. The van der Waals surface area contributed by atoms with Gasteiger partial charge in [-0.25, -0.2) is 0 Å². The van der Waals surface area contributed by atoms with Crippen LogP contribution in [0.15, 0.2) is 18.2 Å². The van der Waals surface area contributed by atoms with Gasteiger partial charge in [0.15, 0.2) is 0 Å². The van der Waals surface area contributed by atoms with Gasteiger partial charge in [-0.3, -0.25) is 14.9 Å². The van der Waals surface area contributed by atoms with Crippen molar-refractivity contribution in [1.29, 1.82) is 0 Å². The molecule has 0 radical (unpaired) electrons. The van der Waals surface area contributed by atoms with Crippen LogP contribution in [-0.4, -0.2) is 29.0 Å². The summed E-state index contributed by atoms with van der Waals surface area (Å²) < 4.78 is 5.80. The first kappa shape index (κ1) is 14.1. The molecule has 0 saturated heterocycles. The summed E-state index contributed by atoms with van der Waals surface area (Å²) in [5.41, 5.74) is 5.32. The number of nitrogens with two attached hydrogens (primary N) is 1. The average Bonchev–Trinajstić information content (AvgIpc) is 2.35. The van der Waals surface area contributed by atoms with Crippen LogP contribution in [0.3, 0.4) is 0 Å². The number of amides is 1. The van der Waals surface area contributed by atoms with Crippen LogP contribution in [0.2, 0.25) is 0 Å². The van der Waals surface area contributed by atoms with Gasteiger partial charge in [0.1, 0.15) is 17.4 Å². The van der Waals surface area contributed by atoms with E-state index in [1.54, 1.807) is 17.9 Å². The Hall–Kier alpha value is -2.31. The lowest BCUT2D eigenvalue weighted by atomic mass is 10.0. The maximum atomic E-state index is 11.4. The smallest absolute Gasteiger partial charge is 0.271 e. The molecule has 0 saturated carbocycles. The number of nitro benzene ring substituents is 1. The van der Waals surface area contributed by atoms with Gasteiger partial charge < -0.3 is 15.4 Å². The van der Waals surface area contributed by atoms with E-state index in [-0.39, 0.29) is 5.69 Å². The fourth-order valence-electron chi connectivity index (χ4n) is 2.25. The van der Waals surface area contributed by atoms with Gasteiger partial charge in [-0.05, 0) is 26.8 Å². The minimum Gasteiger partial charge on any atom is -0.484 e. The van der Waals surface area contributed by atoms with Crippen molar-refractivity contribution >= 4 is 17.3 Å². The van der Waals surface area contributed by atoms with Gasteiger partial charge in [-0.1, -0.05) is 0 Å². The number of hydrogen-bond donors (Lipinski definition) is 1. The average molecular weight is 279 g/mol. The van der Waals surface area contributed by atoms with Crippen molar-refractivity contribution < 1.29 is 14.5 Å². The summed E-state index contributed by atoms with van der Waals surface area (Å²) in [4.78, 5) is 23.6. The number of nitrogens with zero attached hydrogens (tertiary/aromatic N) is 2. The van der Waals surface area contributed by atoms with E-state index in [1.165, 1.54) is 12.1 Å². The summed E-state index contributed by atoms with van der Waals surface area (Å²) in [6.45, 7) is 5.87. The normalized spacial score (nSPS) is 17.9. The van der Waals surface area contributed by atoms with Crippen LogP contribution >= 0.6 is 0 Å². The molecule has 1 amide bonds. The number of primary amides is 1. The molecule has 1 aliphatic rings. The fraction of sp³-hybridized carbons (Fsp3) is 0.462. The molecule has 0 aromatic heterocycles. The number of carbonyl (C=O) groups is 1. The van der Waals surface area contributed by atoms with Gasteiger partial charge in [0, 0.05) is 12.1 Å². The molecule has 20 heavy (non-hydrogen) atoms. The van der Waals surface area contributed by atoms with Crippen molar-refractivity contribution in [2.24, 2.45) is 5.73 Å². The zero-order valence-corrected chi connectivity index (χ0v) is 11.6. The van der Waals surface area contributed by atoms with E-state index < -0.39 is 22.5 Å². The number of hydrogen-bond acceptors (Lipinski definition) is 5. The molecule has 7 heteroatoms. The Balaban J connectivity index is 2.52. The van der Waals surface area contributed by atoms with Crippen LogP contribution in [0.5, 0.6) is 5.75 Å². The van der Waals surface area contributed by atoms with Crippen LogP contribution in [0, 0.1) is 10.1 Å². The highest BCUT2D eigenvalue weighted by atomic mass is 16.6. The summed E-state index contributed by atoms with van der Waals surface area (Å²) in [7, 11) is 0. The molecule has 2 rings (SSSR count). The zero-order chi connectivity index (χ0) is 15.1. The van der Waals surface area contributed by atoms with E-state index in [2.05, 4.69) is 0 Å². The number of carbonyl (C=O) groups excluding carboxylic acids is 1.